The lowest BCUT2D eigenvalue weighted by Crippen LogP contribution is -2.11. The topological polar surface area (TPSA) is 84.3 Å². The van der Waals surface area contributed by atoms with Crippen molar-refractivity contribution < 1.29 is 14.6 Å². The zero-order chi connectivity index (χ0) is 12.3. The molecule has 7 heteroatoms. The fourth-order valence-electron chi connectivity index (χ4n) is 1.23. The maximum Gasteiger partial charge on any atom is 0.260 e. The largest absolute Gasteiger partial charge is 0.507 e. The first kappa shape index (κ1) is 11.3. The molecule has 0 spiro atoms. The van der Waals surface area contributed by atoms with E-state index in [1.54, 1.807) is 6.07 Å². The summed E-state index contributed by atoms with van der Waals surface area (Å²) in [6.07, 6.45) is 1.43. The molecule has 0 saturated carbocycles. The van der Waals surface area contributed by atoms with E-state index >= 15 is 0 Å². The minimum atomic E-state index is -0.438. The first-order valence-corrected chi connectivity index (χ1v) is 5.44. The number of amides is 1. The molecule has 2 rings (SSSR count). The van der Waals surface area contributed by atoms with Gasteiger partial charge in [0.15, 0.2) is 0 Å². The van der Waals surface area contributed by atoms with Gasteiger partial charge in [-0.3, -0.25) is 4.79 Å². The van der Waals surface area contributed by atoms with Gasteiger partial charge < -0.3 is 15.2 Å². The molecule has 0 radical (unpaired) electrons. The number of aromatic nitrogens is 2. The van der Waals surface area contributed by atoms with Gasteiger partial charge in [-0.25, -0.2) is 0 Å². The van der Waals surface area contributed by atoms with Gasteiger partial charge in [-0.1, -0.05) is 4.49 Å². The van der Waals surface area contributed by atoms with Gasteiger partial charge in [0.05, 0.1) is 18.9 Å². The molecule has 0 aliphatic carbocycles. The van der Waals surface area contributed by atoms with E-state index in [0.29, 0.717) is 10.8 Å². The molecule has 2 N–H and O–H groups in total. The van der Waals surface area contributed by atoms with Crippen LogP contribution in [-0.2, 0) is 0 Å². The van der Waals surface area contributed by atoms with Crippen LogP contribution in [-0.4, -0.2) is 27.7 Å². The van der Waals surface area contributed by atoms with Crippen molar-refractivity contribution in [3.63, 3.8) is 0 Å². The Kier molecular flexibility index (Phi) is 3.20. The number of nitrogens with zero attached hydrogens (tertiary/aromatic N) is 2. The Morgan fingerprint density at radius 2 is 2.35 bits per heavy atom. The lowest BCUT2D eigenvalue weighted by Gasteiger charge is -2.06. The number of nitrogens with one attached hydrogen (secondary N) is 1. The van der Waals surface area contributed by atoms with Crippen molar-refractivity contribution in [1.82, 2.24) is 9.59 Å². The molecule has 1 aromatic carbocycles. The predicted molar refractivity (Wildman–Crippen MR) is 62.5 cm³/mol. The second kappa shape index (κ2) is 4.79. The molecule has 1 amide bonds. The molecule has 0 bridgehead atoms. The number of carbonyl (C=O) groups excluding carboxylic acids is 1. The monoisotopic (exact) mass is 251 g/mol. The van der Waals surface area contributed by atoms with E-state index in [1.165, 1.54) is 25.4 Å². The quantitative estimate of drug-likeness (QED) is 0.863. The molecule has 88 valence electrons. The number of carbonyl (C=O) groups is 1. The highest BCUT2D eigenvalue weighted by molar-refractivity contribution is 7.10. The molecule has 2 aromatic rings. The second-order valence-corrected chi connectivity index (χ2v) is 3.90. The van der Waals surface area contributed by atoms with Crippen LogP contribution in [0.25, 0.3) is 0 Å². The normalized spacial score (nSPS) is 9.94. The number of phenolic OH excluding ortho intramolecular Hbond substituents is 1. The van der Waals surface area contributed by atoms with Gasteiger partial charge in [0.2, 0.25) is 0 Å². The van der Waals surface area contributed by atoms with Crippen LogP contribution in [0, 0.1) is 0 Å². The zero-order valence-electron chi connectivity index (χ0n) is 8.88. The van der Waals surface area contributed by atoms with Gasteiger partial charge in [0, 0.05) is 11.5 Å². The molecule has 1 heterocycles. The van der Waals surface area contributed by atoms with Crippen LogP contribution in [0.1, 0.15) is 10.4 Å². The highest BCUT2D eigenvalue weighted by Crippen LogP contribution is 2.24. The van der Waals surface area contributed by atoms with E-state index < -0.39 is 5.91 Å². The molecule has 0 aliphatic rings. The lowest BCUT2D eigenvalue weighted by molar-refractivity contribution is 0.102. The molecule has 6 nitrogen and oxygen atoms in total. The number of benzene rings is 1. The van der Waals surface area contributed by atoms with Crippen LogP contribution >= 0.6 is 11.5 Å². The van der Waals surface area contributed by atoms with Crippen molar-refractivity contribution in [2.45, 2.75) is 0 Å². The van der Waals surface area contributed by atoms with Gasteiger partial charge in [-0.2, -0.15) is 0 Å². The summed E-state index contributed by atoms with van der Waals surface area (Å²) in [6.45, 7) is 0. The summed E-state index contributed by atoms with van der Waals surface area (Å²) >= 11 is 1.06. The summed E-state index contributed by atoms with van der Waals surface area (Å²) < 4.78 is 8.60. The number of hydrogen-bond donors (Lipinski definition) is 2. The third-order valence-corrected chi connectivity index (χ3v) is 2.63. The zero-order valence-corrected chi connectivity index (χ0v) is 9.69. The molecule has 1 aromatic heterocycles. The molecule has 0 atom stereocenters. The molecule has 0 unspecified atom stereocenters. The van der Waals surface area contributed by atoms with Crippen molar-refractivity contribution in [2.24, 2.45) is 0 Å². The molecule has 0 saturated heterocycles. The number of ether oxygens (including phenoxy) is 1. The molecule has 0 fully saturated rings. The molecule has 0 aliphatic heterocycles. The fourth-order valence-corrected chi connectivity index (χ4v) is 1.64. The third-order valence-electron chi connectivity index (χ3n) is 2.05. The lowest BCUT2D eigenvalue weighted by atomic mass is 10.2. The Morgan fingerprint density at radius 3 is 3.00 bits per heavy atom. The fraction of sp³-hybridized carbons (Fsp3) is 0.100. The van der Waals surface area contributed by atoms with Crippen LogP contribution in [0.4, 0.5) is 5.00 Å². The SMILES string of the molecule is COc1ccc(O)c(C(=O)Nc2cnns2)c1. The minimum absolute atomic E-state index is 0.110. The van der Waals surface area contributed by atoms with Crippen molar-refractivity contribution in [1.29, 1.82) is 0 Å². The maximum absolute atomic E-state index is 11.8. The van der Waals surface area contributed by atoms with Gasteiger partial charge in [-0.15, -0.1) is 5.10 Å². The van der Waals surface area contributed by atoms with Crippen LogP contribution in [0.3, 0.4) is 0 Å². The van der Waals surface area contributed by atoms with Crippen molar-refractivity contribution in [3.8, 4) is 11.5 Å². The Hall–Kier alpha value is -2.15. The van der Waals surface area contributed by atoms with Crippen LogP contribution in [0.2, 0.25) is 0 Å². The van der Waals surface area contributed by atoms with E-state index in [1.807, 2.05) is 0 Å². The van der Waals surface area contributed by atoms with Crippen molar-refractivity contribution >= 4 is 22.4 Å². The number of methoxy groups -OCH3 is 1. The Labute approximate surface area is 101 Å². The summed E-state index contributed by atoms with van der Waals surface area (Å²) in [7, 11) is 1.49. The van der Waals surface area contributed by atoms with E-state index in [0.717, 1.165) is 11.5 Å². The summed E-state index contributed by atoms with van der Waals surface area (Å²) in [5, 5.41) is 16.3. The summed E-state index contributed by atoms with van der Waals surface area (Å²) in [6, 6.07) is 4.43. The highest BCUT2D eigenvalue weighted by Gasteiger charge is 2.13. The summed E-state index contributed by atoms with van der Waals surface area (Å²) in [4.78, 5) is 11.8. The maximum atomic E-state index is 11.8. The average molecular weight is 251 g/mol. The molecular formula is C10H9N3O3S. The molecule has 17 heavy (non-hydrogen) atoms. The number of anilines is 1. The summed E-state index contributed by atoms with van der Waals surface area (Å²) in [5.41, 5.74) is 0.137. The first-order valence-electron chi connectivity index (χ1n) is 4.66. The predicted octanol–water partition coefficient (Wildman–Crippen LogP) is 1.50. The molecular weight excluding hydrogens is 242 g/mol. The van der Waals surface area contributed by atoms with Crippen molar-refractivity contribution in [3.05, 3.63) is 30.0 Å². The van der Waals surface area contributed by atoms with Crippen LogP contribution < -0.4 is 10.1 Å². The Balaban J connectivity index is 2.24. The number of phenols is 1. The summed E-state index contributed by atoms with van der Waals surface area (Å²) in [5.74, 6) is -0.0522. The number of rotatable bonds is 3. The van der Waals surface area contributed by atoms with Gasteiger partial charge in [0.25, 0.3) is 5.91 Å². The van der Waals surface area contributed by atoms with Crippen molar-refractivity contribution in [2.75, 3.05) is 12.4 Å². The van der Waals surface area contributed by atoms with E-state index in [-0.39, 0.29) is 11.3 Å². The smallest absolute Gasteiger partial charge is 0.260 e. The minimum Gasteiger partial charge on any atom is -0.507 e. The third kappa shape index (κ3) is 2.51. The van der Waals surface area contributed by atoms with Gasteiger partial charge in [0.1, 0.15) is 16.5 Å². The Morgan fingerprint density at radius 1 is 1.53 bits per heavy atom. The van der Waals surface area contributed by atoms with Gasteiger partial charge >= 0.3 is 0 Å². The first-order chi connectivity index (χ1) is 8.20. The van der Waals surface area contributed by atoms with Crippen LogP contribution in [0.15, 0.2) is 24.4 Å². The average Bonchev–Trinajstić information content (AvgIpc) is 2.82. The highest BCUT2D eigenvalue weighted by atomic mass is 32.1. The standard InChI is InChI=1S/C10H9N3O3S/c1-16-6-2-3-8(14)7(4-6)10(15)12-9-5-11-13-17-9/h2-5,14H,1H3,(H,12,15). The van der Waals surface area contributed by atoms with E-state index in [2.05, 4.69) is 14.9 Å². The van der Waals surface area contributed by atoms with E-state index in [4.69, 9.17) is 4.74 Å². The second-order valence-electron chi connectivity index (χ2n) is 3.12. The van der Waals surface area contributed by atoms with Gasteiger partial charge in [-0.05, 0) is 18.2 Å². The number of hydrogen-bond acceptors (Lipinski definition) is 6. The Bertz CT molecular complexity index is 528. The van der Waals surface area contributed by atoms with E-state index in [9.17, 15) is 9.90 Å². The number of aromatic hydroxyl groups is 1. The van der Waals surface area contributed by atoms with Crippen LogP contribution in [0.5, 0.6) is 11.5 Å².